The van der Waals surface area contributed by atoms with Crippen LogP contribution in [0, 0.1) is 5.92 Å². The molecule has 2 aliphatic carbocycles. The molecule has 11 heteroatoms. The summed E-state index contributed by atoms with van der Waals surface area (Å²) in [5.41, 5.74) is 5.56. The largest absolute Gasteiger partial charge is 0.388 e. The van der Waals surface area contributed by atoms with Crippen molar-refractivity contribution >= 4 is 35.0 Å². The lowest BCUT2D eigenvalue weighted by Crippen LogP contribution is -2.54. The molecule has 4 amide bonds. The zero-order valence-corrected chi connectivity index (χ0v) is 22.7. The maximum Gasteiger partial charge on any atom is 0.262 e. The van der Waals surface area contributed by atoms with E-state index in [1.54, 1.807) is 18.2 Å². The number of nitrogens with zero attached hydrogens (tertiary/aromatic N) is 4. The quantitative estimate of drug-likeness (QED) is 0.361. The first kappa shape index (κ1) is 25.4. The SMILES string of the molecule is CNc1ccnc(-c2cn(C3CC(CNc4ccc5c(c4)C(=O)N(C4CCC(=O)NC4=O)C5=O)C3)nc2C2CC2)c1. The predicted molar refractivity (Wildman–Crippen MR) is 150 cm³/mol. The van der Waals surface area contributed by atoms with Crippen LogP contribution in [-0.2, 0) is 9.59 Å². The summed E-state index contributed by atoms with van der Waals surface area (Å²) in [6.07, 6.45) is 8.56. The van der Waals surface area contributed by atoms with Crippen molar-refractivity contribution in [1.82, 2.24) is 25.0 Å². The fraction of sp³-hybridized carbons (Fsp3) is 0.400. The van der Waals surface area contributed by atoms with Gasteiger partial charge in [-0.1, -0.05) is 0 Å². The van der Waals surface area contributed by atoms with Gasteiger partial charge in [0.05, 0.1) is 28.6 Å². The van der Waals surface area contributed by atoms with Crippen molar-refractivity contribution in [3.63, 3.8) is 0 Å². The third kappa shape index (κ3) is 4.55. The molecule has 2 aromatic heterocycles. The molecule has 3 fully saturated rings. The first-order valence-corrected chi connectivity index (χ1v) is 14.2. The molecule has 1 saturated heterocycles. The van der Waals surface area contributed by atoms with Gasteiger partial charge in [-0.3, -0.25) is 39.1 Å². The second-order valence-electron chi connectivity index (χ2n) is 11.4. The van der Waals surface area contributed by atoms with E-state index in [1.165, 1.54) is 12.8 Å². The van der Waals surface area contributed by atoms with Crippen molar-refractivity contribution < 1.29 is 19.2 Å². The number of aromatic nitrogens is 3. The van der Waals surface area contributed by atoms with Crippen LogP contribution in [0.4, 0.5) is 11.4 Å². The van der Waals surface area contributed by atoms with Gasteiger partial charge in [-0.05, 0) is 68.4 Å². The maximum absolute atomic E-state index is 13.1. The Balaban J connectivity index is 0.989. The molecule has 7 rings (SSSR count). The number of benzene rings is 1. The number of rotatable bonds is 8. The predicted octanol–water partition coefficient (Wildman–Crippen LogP) is 3.33. The maximum atomic E-state index is 13.1. The summed E-state index contributed by atoms with van der Waals surface area (Å²) in [6.45, 7) is 0.740. The molecular weight excluding hydrogens is 522 g/mol. The van der Waals surface area contributed by atoms with E-state index < -0.39 is 23.8 Å². The summed E-state index contributed by atoms with van der Waals surface area (Å²) >= 11 is 0. The van der Waals surface area contributed by atoms with E-state index in [9.17, 15) is 19.2 Å². The first-order chi connectivity index (χ1) is 19.9. The molecule has 4 aliphatic rings. The van der Waals surface area contributed by atoms with Gasteiger partial charge in [-0.2, -0.15) is 5.10 Å². The lowest BCUT2D eigenvalue weighted by Gasteiger charge is -2.35. The van der Waals surface area contributed by atoms with Crippen molar-refractivity contribution in [3.05, 3.63) is 59.5 Å². The Morgan fingerprint density at radius 3 is 2.51 bits per heavy atom. The van der Waals surface area contributed by atoms with E-state index in [0.29, 0.717) is 17.9 Å². The molecule has 0 bridgehead atoms. The van der Waals surface area contributed by atoms with Crippen LogP contribution >= 0.6 is 0 Å². The summed E-state index contributed by atoms with van der Waals surface area (Å²) in [6, 6.07) is 8.51. The minimum Gasteiger partial charge on any atom is -0.388 e. The molecule has 0 radical (unpaired) electrons. The van der Waals surface area contributed by atoms with Crippen LogP contribution in [0.5, 0.6) is 0 Å². The third-order valence-electron chi connectivity index (χ3n) is 8.67. The van der Waals surface area contributed by atoms with Gasteiger partial charge in [0.2, 0.25) is 11.8 Å². The molecule has 1 aromatic carbocycles. The number of fused-ring (bicyclic) bond motifs is 1. The number of piperidine rings is 1. The summed E-state index contributed by atoms with van der Waals surface area (Å²) in [5, 5.41) is 13.8. The Kier molecular flexibility index (Phi) is 6.09. The van der Waals surface area contributed by atoms with Gasteiger partial charge in [-0.15, -0.1) is 0 Å². The van der Waals surface area contributed by atoms with Crippen molar-refractivity contribution in [1.29, 1.82) is 0 Å². The van der Waals surface area contributed by atoms with Gasteiger partial charge in [0, 0.05) is 55.3 Å². The number of amides is 4. The minimum absolute atomic E-state index is 0.0984. The molecule has 4 heterocycles. The third-order valence-corrected chi connectivity index (χ3v) is 8.67. The fourth-order valence-corrected chi connectivity index (χ4v) is 6.11. The van der Waals surface area contributed by atoms with Crippen molar-refractivity contribution in [2.75, 3.05) is 24.2 Å². The number of nitrogens with one attached hydrogen (secondary N) is 3. The topological polar surface area (TPSA) is 138 Å². The molecule has 1 atom stereocenters. The number of imide groups is 2. The summed E-state index contributed by atoms with van der Waals surface area (Å²) < 4.78 is 2.12. The highest BCUT2D eigenvalue weighted by Gasteiger charge is 2.44. The molecule has 3 aromatic rings. The van der Waals surface area contributed by atoms with Crippen LogP contribution in [0.2, 0.25) is 0 Å². The molecule has 0 spiro atoms. The van der Waals surface area contributed by atoms with Crippen LogP contribution in [0.3, 0.4) is 0 Å². The molecule has 210 valence electrons. The van der Waals surface area contributed by atoms with Crippen LogP contribution in [-0.4, -0.2) is 62.9 Å². The van der Waals surface area contributed by atoms with Gasteiger partial charge < -0.3 is 10.6 Å². The molecule has 3 N–H and O–H groups in total. The number of carbonyl (C=O) groups excluding carboxylic acids is 4. The number of pyridine rings is 1. The van der Waals surface area contributed by atoms with Gasteiger partial charge in [-0.25, -0.2) is 0 Å². The lowest BCUT2D eigenvalue weighted by molar-refractivity contribution is -0.136. The fourth-order valence-electron chi connectivity index (χ4n) is 6.11. The van der Waals surface area contributed by atoms with Crippen LogP contribution in [0.1, 0.15) is 76.9 Å². The summed E-state index contributed by atoms with van der Waals surface area (Å²) in [4.78, 5) is 55.4. The second kappa shape index (κ2) is 9.83. The van der Waals surface area contributed by atoms with Gasteiger partial charge in [0.15, 0.2) is 0 Å². The number of anilines is 2. The van der Waals surface area contributed by atoms with Crippen LogP contribution < -0.4 is 16.0 Å². The smallest absolute Gasteiger partial charge is 0.262 e. The number of hydrogen-bond donors (Lipinski definition) is 3. The van der Waals surface area contributed by atoms with Gasteiger partial charge >= 0.3 is 0 Å². The Labute approximate surface area is 236 Å². The van der Waals surface area contributed by atoms with E-state index in [1.807, 2.05) is 19.3 Å². The molecule has 2 aliphatic heterocycles. The molecular formula is C30H31N7O4. The lowest BCUT2D eigenvalue weighted by atomic mass is 9.80. The number of carbonyl (C=O) groups is 4. The average molecular weight is 554 g/mol. The normalized spacial score (nSPS) is 23.7. The van der Waals surface area contributed by atoms with Crippen molar-refractivity contribution in [2.45, 2.75) is 56.5 Å². The van der Waals surface area contributed by atoms with Crippen molar-refractivity contribution in [2.24, 2.45) is 5.92 Å². The highest BCUT2D eigenvalue weighted by atomic mass is 16.2. The monoisotopic (exact) mass is 553 g/mol. The van der Waals surface area contributed by atoms with E-state index in [-0.39, 0.29) is 29.9 Å². The van der Waals surface area contributed by atoms with Crippen LogP contribution in [0.25, 0.3) is 11.3 Å². The molecule has 11 nitrogen and oxygen atoms in total. The zero-order chi connectivity index (χ0) is 28.2. The first-order valence-electron chi connectivity index (χ1n) is 14.2. The summed E-state index contributed by atoms with van der Waals surface area (Å²) in [7, 11) is 1.91. The highest BCUT2D eigenvalue weighted by molar-refractivity contribution is 6.23. The molecule has 41 heavy (non-hydrogen) atoms. The van der Waals surface area contributed by atoms with E-state index >= 15 is 0 Å². The Morgan fingerprint density at radius 1 is 0.951 bits per heavy atom. The van der Waals surface area contributed by atoms with Crippen molar-refractivity contribution in [3.8, 4) is 11.3 Å². The zero-order valence-electron chi connectivity index (χ0n) is 22.7. The molecule has 2 saturated carbocycles. The van der Waals surface area contributed by atoms with E-state index in [0.717, 1.165) is 52.6 Å². The summed E-state index contributed by atoms with van der Waals surface area (Å²) in [5.74, 6) is -1.02. The number of hydrogen-bond acceptors (Lipinski definition) is 8. The second-order valence-corrected chi connectivity index (χ2v) is 11.4. The Morgan fingerprint density at radius 2 is 1.76 bits per heavy atom. The van der Waals surface area contributed by atoms with Crippen LogP contribution in [0.15, 0.2) is 42.7 Å². The van der Waals surface area contributed by atoms with E-state index in [2.05, 4.69) is 37.9 Å². The molecule has 1 unspecified atom stereocenters. The van der Waals surface area contributed by atoms with Gasteiger partial charge in [0.1, 0.15) is 6.04 Å². The average Bonchev–Trinajstić information content (AvgIpc) is 3.66. The Bertz CT molecular complexity index is 1590. The minimum atomic E-state index is -0.963. The Hall–Kier alpha value is -4.54. The highest BCUT2D eigenvalue weighted by Crippen LogP contribution is 2.45. The standard InChI is InChI=1S/C30H31N7O4/c1-31-18-8-9-32-24(13-18)23-15-36(35-27(23)17-2-3-17)20-10-16(11-20)14-33-19-4-5-21-22(12-19)30(41)37(29(21)40)25-6-7-26(38)34-28(25)39/h4-5,8-9,12-13,15-17,20,25,33H,2-3,6-7,10-11,14H2,1H3,(H,31,32)(H,34,38,39). The van der Waals surface area contributed by atoms with Gasteiger partial charge in [0.25, 0.3) is 11.8 Å². The van der Waals surface area contributed by atoms with E-state index in [4.69, 9.17) is 5.10 Å².